The normalized spacial score (nSPS) is 16.6. The van der Waals surface area contributed by atoms with Crippen molar-refractivity contribution in [2.45, 2.75) is 81.1 Å². The summed E-state index contributed by atoms with van der Waals surface area (Å²) in [5.74, 6) is 1.47. The third-order valence-corrected chi connectivity index (χ3v) is 17.8. The van der Waals surface area contributed by atoms with E-state index in [1.54, 1.807) is 14.2 Å². The van der Waals surface area contributed by atoms with Crippen LogP contribution in [0.4, 0.5) is 0 Å². The summed E-state index contributed by atoms with van der Waals surface area (Å²) < 4.78 is 10.8. The molecule has 11 rings (SSSR count). The minimum Gasteiger partial charge on any atom is -0.497 e. The number of nitrogens with two attached hydrogens (primary N) is 2. The molecular formula is C78H88N10O6. The average molecular weight is 1260 g/mol. The van der Waals surface area contributed by atoms with Crippen LogP contribution in [0, 0.1) is 0 Å². The molecule has 16 nitrogen and oxygen atoms in total. The predicted molar refractivity (Wildman–Crippen MR) is 376 cm³/mol. The number of nitrogens with one attached hydrogen (secondary N) is 5. The second-order valence-electron chi connectivity index (χ2n) is 24.2. The van der Waals surface area contributed by atoms with E-state index in [4.69, 9.17) is 20.9 Å². The second-order valence-corrected chi connectivity index (χ2v) is 24.2. The van der Waals surface area contributed by atoms with Gasteiger partial charge in [0.2, 0.25) is 11.8 Å². The van der Waals surface area contributed by atoms with Gasteiger partial charge in [0.15, 0.2) is 5.96 Å². The Morgan fingerprint density at radius 3 is 1.35 bits per heavy atom. The van der Waals surface area contributed by atoms with Gasteiger partial charge < -0.3 is 57.3 Å². The van der Waals surface area contributed by atoms with Crippen molar-refractivity contribution in [3.63, 3.8) is 0 Å². The maximum Gasteiger partial charge on any atom is 0.251 e. The van der Waals surface area contributed by atoms with Gasteiger partial charge in [-0.05, 0) is 143 Å². The molecule has 2 aliphatic heterocycles. The first kappa shape index (κ1) is 67.0. The number of ether oxygens (including phenoxy) is 2. The van der Waals surface area contributed by atoms with Crippen molar-refractivity contribution in [1.82, 2.24) is 36.4 Å². The summed E-state index contributed by atoms with van der Waals surface area (Å²) in [6.07, 6.45) is 4.19. The quantitative estimate of drug-likeness (QED) is 0.0154. The van der Waals surface area contributed by atoms with Gasteiger partial charge in [-0.2, -0.15) is 0 Å². The third-order valence-electron chi connectivity index (χ3n) is 17.8. The Morgan fingerprint density at radius 2 is 0.915 bits per heavy atom. The molecule has 2 saturated heterocycles. The molecule has 0 bridgehead atoms. The molecule has 2 aliphatic rings. The molecule has 0 spiro atoms. The van der Waals surface area contributed by atoms with Gasteiger partial charge >= 0.3 is 0 Å². The van der Waals surface area contributed by atoms with Gasteiger partial charge in [0.05, 0.1) is 26.3 Å². The molecule has 0 aliphatic carbocycles. The van der Waals surface area contributed by atoms with E-state index in [1.807, 2.05) is 161 Å². The molecule has 486 valence electrons. The van der Waals surface area contributed by atoms with Crippen molar-refractivity contribution in [1.29, 1.82) is 0 Å². The Balaban J connectivity index is 0.000000205. The number of aliphatic imine (C=N–C) groups is 1. The van der Waals surface area contributed by atoms with Crippen LogP contribution < -0.4 is 47.5 Å². The SMILES string of the molecule is COc1ccc(C(CN2CC[C@@H](CNC(=O)c3ccc4ccccc4c3)N[C@@H](CCCN=C(N)N)C2=O)c2ccc(OC)cc2)cc1.O=C(NC[C@@H]1CCN(CC(c2ccccc2)c2ccccc2)C(=O)[C@H](CCCNCc2ccccc2)N1)c1ccc2ccccc2c1. The number of fused-ring (bicyclic) bond motifs is 2. The fourth-order valence-corrected chi connectivity index (χ4v) is 12.6. The molecule has 9 aromatic carbocycles. The van der Waals surface area contributed by atoms with E-state index in [1.165, 1.54) is 16.7 Å². The smallest absolute Gasteiger partial charge is 0.251 e. The minimum atomic E-state index is -0.457. The summed E-state index contributed by atoms with van der Waals surface area (Å²) >= 11 is 0. The molecule has 9 N–H and O–H groups in total. The van der Waals surface area contributed by atoms with Crippen molar-refractivity contribution >= 4 is 51.1 Å². The molecular weight excluding hydrogens is 1170 g/mol. The molecule has 0 radical (unpaired) electrons. The van der Waals surface area contributed by atoms with Gasteiger partial charge in [-0.3, -0.25) is 24.2 Å². The highest BCUT2D eigenvalue weighted by Crippen LogP contribution is 2.31. The Kier molecular flexibility index (Phi) is 24.4. The number of hydrogen-bond acceptors (Lipinski definition) is 10. The first-order valence-corrected chi connectivity index (χ1v) is 32.8. The minimum absolute atomic E-state index is 0.0186. The van der Waals surface area contributed by atoms with Crippen LogP contribution in [0.1, 0.15) is 98.9 Å². The van der Waals surface area contributed by atoms with Gasteiger partial charge in [0.1, 0.15) is 11.5 Å². The molecule has 2 heterocycles. The number of methoxy groups -OCH3 is 2. The highest BCUT2D eigenvalue weighted by atomic mass is 16.5. The van der Waals surface area contributed by atoms with Crippen molar-refractivity contribution in [3.8, 4) is 11.5 Å². The fourth-order valence-electron chi connectivity index (χ4n) is 12.6. The number of guanidine groups is 1. The lowest BCUT2D eigenvalue weighted by Gasteiger charge is -2.29. The highest BCUT2D eigenvalue weighted by Gasteiger charge is 2.35. The van der Waals surface area contributed by atoms with Crippen molar-refractivity contribution in [2.75, 3.05) is 66.6 Å². The van der Waals surface area contributed by atoms with E-state index in [9.17, 15) is 19.2 Å². The predicted octanol–water partition coefficient (Wildman–Crippen LogP) is 10.6. The van der Waals surface area contributed by atoms with E-state index >= 15 is 0 Å². The van der Waals surface area contributed by atoms with Gasteiger partial charge in [0, 0.05) is 87.4 Å². The zero-order valence-electron chi connectivity index (χ0n) is 53.9. The van der Waals surface area contributed by atoms with Gasteiger partial charge in [-0.25, -0.2) is 0 Å². The van der Waals surface area contributed by atoms with Crippen LogP contribution in [0.5, 0.6) is 11.5 Å². The monoisotopic (exact) mass is 1260 g/mol. The van der Waals surface area contributed by atoms with Crippen LogP contribution in [0.3, 0.4) is 0 Å². The van der Waals surface area contributed by atoms with Gasteiger partial charge in [-0.15, -0.1) is 0 Å². The van der Waals surface area contributed by atoms with Crippen LogP contribution in [0.2, 0.25) is 0 Å². The standard InChI is InChI=1S/C41H44N4O2.C37H44N6O4/c46-40(36-23-22-32-15-10-11-20-35(32)27-36)43-29-37-24-26-45(30-38(33-16-6-2-7-17-33)34-18-8-3-9-19-34)41(47)39(44-37)21-12-25-42-28-31-13-4-1-5-14-31;1-46-31-15-11-26(12-16-31)33(27-13-17-32(47-2)18-14-27)24-43-21-19-30(42-34(36(43)45)8-5-20-40-37(38)39)23-41-35(44)29-10-9-25-6-3-4-7-28(25)22-29/h1-11,13-20,22-23,27,37-39,42,44H,12,21,24-26,28-30H2,(H,43,46);3-4,6-7,9-18,22,30,33-34,42H,5,8,19-21,23-24H2,1-2H3,(H,41,44)(H4,38,39,40)/t37-,39-;30-,34-/m00/s1. The lowest BCUT2D eigenvalue weighted by atomic mass is 9.90. The summed E-state index contributed by atoms with van der Waals surface area (Å²) in [6.45, 7) is 5.15. The van der Waals surface area contributed by atoms with E-state index in [0.29, 0.717) is 82.6 Å². The Labute approximate surface area is 552 Å². The number of hydrogen-bond donors (Lipinski definition) is 7. The fraction of sp³-hybridized carbons (Fsp3) is 0.295. The number of rotatable bonds is 26. The molecule has 4 amide bonds. The zero-order chi connectivity index (χ0) is 65.4. The lowest BCUT2D eigenvalue weighted by molar-refractivity contribution is -0.133. The van der Waals surface area contributed by atoms with Crippen LogP contribution >= 0.6 is 0 Å². The summed E-state index contributed by atoms with van der Waals surface area (Å²) in [5.41, 5.74) is 18.1. The van der Waals surface area contributed by atoms with Gasteiger partial charge in [-0.1, -0.05) is 176 Å². The summed E-state index contributed by atoms with van der Waals surface area (Å²) in [5, 5.41) is 21.2. The molecule has 2 fully saturated rings. The maximum absolute atomic E-state index is 14.2. The molecule has 9 aromatic rings. The topological polar surface area (TPSA) is 218 Å². The van der Waals surface area contributed by atoms with Crippen LogP contribution in [-0.2, 0) is 16.1 Å². The zero-order valence-corrected chi connectivity index (χ0v) is 53.9. The van der Waals surface area contributed by atoms with Crippen molar-refractivity contribution in [2.24, 2.45) is 16.5 Å². The van der Waals surface area contributed by atoms with Crippen LogP contribution in [0.25, 0.3) is 21.5 Å². The lowest BCUT2D eigenvalue weighted by Crippen LogP contribution is -2.49. The van der Waals surface area contributed by atoms with Crippen LogP contribution in [-0.4, -0.2) is 130 Å². The average Bonchev–Trinajstić information content (AvgIpc) is 1.51. The Bertz CT molecular complexity index is 3820. The van der Waals surface area contributed by atoms with E-state index in [0.717, 1.165) is 70.1 Å². The van der Waals surface area contributed by atoms with Crippen molar-refractivity contribution < 1.29 is 28.7 Å². The van der Waals surface area contributed by atoms with Crippen molar-refractivity contribution in [3.05, 3.63) is 263 Å². The molecule has 0 aromatic heterocycles. The summed E-state index contributed by atoms with van der Waals surface area (Å²) in [6, 6.07) is 73.9. The molecule has 94 heavy (non-hydrogen) atoms. The summed E-state index contributed by atoms with van der Waals surface area (Å²) in [7, 11) is 3.29. The molecule has 16 heteroatoms. The second kappa shape index (κ2) is 34.2. The van der Waals surface area contributed by atoms with E-state index in [2.05, 4.69) is 104 Å². The first-order chi connectivity index (χ1) is 46.0. The Morgan fingerprint density at radius 1 is 0.511 bits per heavy atom. The van der Waals surface area contributed by atoms with Crippen LogP contribution in [0.15, 0.2) is 229 Å². The largest absolute Gasteiger partial charge is 0.497 e. The third kappa shape index (κ3) is 18.9. The summed E-state index contributed by atoms with van der Waals surface area (Å²) in [4.78, 5) is 62.9. The number of carbonyl (C=O) groups is 4. The molecule has 0 unspecified atom stereocenters. The Hall–Kier alpha value is -9.87. The number of carbonyl (C=O) groups excluding carboxylic acids is 4. The molecule has 0 saturated carbocycles. The van der Waals surface area contributed by atoms with E-state index < -0.39 is 6.04 Å². The van der Waals surface area contributed by atoms with E-state index in [-0.39, 0.29) is 59.5 Å². The molecule has 4 atom stereocenters. The number of amides is 4. The highest BCUT2D eigenvalue weighted by molar-refractivity contribution is 5.99. The van der Waals surface area contributed by atoms with Gasteiger partial charge in [0.25, 0.3) is 11.8 Å². The maximum atomic E-state index is 14.2. The number of nitrogens with zero attached hydrogens (tertiary/aromatic N) is 3. The first-order valence-electron chi connectivity index (χ1n) is 32.8. The number of benzene rings is 9.